The van der Waals surface area contributed by atoms with Gasteiger partial charge in [0.2, 0.25) is 0 Å². The maximum Gasteiger partial charge on any atom is 0.252 e. The number of sulfone groups is 1. The Kier molecular flexibility index (Phi) is 7.23. The zero-order chi connectivity index (χ0) is 24.0. The standard InChI is InChI=1S/C27H27N3O3S/c1-2-17-34(32,33)25-16-10-9-15-24(25)27(31)28-18-23-20-30(19-21-11-5-3-6-12-21)29-26(23)22-13-7-4-8-14-22/h3-16,20H,2,17-19H2,1H3,(H,28,31). The summed E-state index contributed by atoms with van der Waals surface area (Å²) in [7, 11) is -3.53. The Hall–Kier alpha value is -3.71. The minimum absolute atomic E-state index is 0.00169. The Morgan fingerprint density at radius 3 is 2.26 bits per heavy atom. The van der Waals surface area contributed by atoms with Gasteiger partial charge in [-0.1, -0.05) is 79.7 Å². The summed E-state index contributed by atoms with van der Waals surface area (Å²) in [5.41, 5.74) is 3.86. The van der Waals surface area contributed by atoms with Crippen molar-refractivity contribution in [3.05, 3.63) is 108 Å². The Labute approximate surface area is 200 Å². The van der Waals surface area contributed by atoms with Crippen LogP contribution in [0.25, 0.3) is 11.3 Å². The molecule has 3 aromatic carbocycles. The lowest BCUT2D eigenvalue weighted by atomic mass is 10.1. The summed E-state index contributed by atoms with van der Waals surface area (Å²) in [5.74, 6) is -0.424. The summed E-state index contributed by atoms with van der Waals surface area (Å²) < 4.78 is 27.2. The number of amides is 1. The van der Waals surface area contributed by atoms with Crippen LogP contribution in [0.3, 0.4) is 0 Å². The number of rotatable bonds is 9. The summed E-state index contributed by atoms with van der Waals surface area (Å²) >= 11 is 0. The van der Waals surface area contributed by atoms with Gasteiger partial charge >= 0.3 is 0 Å². The van der Waals surface area contributed by atoms with Gasteiger partial charge in [-0.05, 0) is 24.1 Å². The number of nitrogens with zero attached hydrogens (tertiary/aromatic N) is 2. The van der Waals surface area contributed by atoms with Crippen LogP contribution < -0.4 is 5.32 Å². The Balaban J connectivity index is 1.60. The Morgan fingerprint density at radius 2 is 1.56 bits per heavy atom. The molecular formula is C27H27N3O3S. The van der Waals surface area contributed by atoms with Crippen molar-refractivity contribution in [3.63, 3.8) is 0 Å². The van der Waals surface area contributed by atoms with E-state index in [2.05, 4.69) is 5.32 Å². The summed E-state index contributed by atoms with van der Waals surface area (Å²) in [6, 6.07) is 26.2. The maximum atomic E-state index is 13.0. The van der Waals surface area contributed by atoms with E-state index in [0.29, 0.717) is 13.0 Å². The van der Waals surface area contributed by atoms with E-state index in [1.165, 1.54) is 6.07 Å². The molecule has 0 bridgehead atoms. The van der Waals surface area contributed by atoms with Crippen molar-refractivity contribution in [2.45, 2.75) is 31.3 Å². The van der Waals surface area contributed by atoms with Crippen LogP contribution >= 0.6 is 0 Å². The monoisotopic (exact) mass is 473 g/mol. The van der Waals surface area contributed by atoms with Crippen molar-refractivity contribution in [2.24, 2.45) is 0 Å². The molecule has 0 saturated carbocycles. The molecule has 7 heteroatoms. The number of carbonyl (C=O) groups is 1. The number of aromatic nitrogens is 2. The summed E-state index contributed by atoms with van der Waals surface area (Å²) in [6.07, 6.45) is 2.41. The highest BCUT2D eigenvalue weighted by atomic mass is 32.2. The van der Waals surface area contributed by atoms with E-state index in [1.54, 1.807) is 25.1 Å². The summed E-state index contributed by atoms with van der Waals surface area (Å²) in [5, 5.41) is 7.68. The third-order valence-corrected chi connectivity index (χ3v) is 7.42. The van der Waals surface area contributed by atoms with E-state index < -0.39 is 15.7 Å². The van der Waals surface area contributed by atoms with Gasteiger partial charge in [0, 0.05) is 23.9 Å². The number of nitrogens with one attached hydrogen (secondary N) is 1. The summed E-state index contributed by atoms with van der Waals surface area (Å²) in [4.78, 5) is 13.1. The first-order chi connectivity index (χ1) is 16.5. The maximum absolute atomic E-state index is 13.0. The zero-order valence-corrected chi connectivity index (χ0v) is 19.8. The van der Waals surface area contributed by atoms with E-state index in [1.807, 2.05) is 71.5 Å². The van der Waals surface area contributed by atoms with Crippen molar-refractivity contribution >= 4 is 15.7 Å². The number of carbonyl (C=O) groups excluding carboxylic acids is 1. The van der Waals surface area contributed by atoms with Gasteiger partial charge in [0.15, 0.2) is 9.84 Å². The fourth-order valence-corrected chi connectivity index (χ4v) is 5.40. The topological polar surface area (TPSA) is 81.1 Å². The highest BCUT2D eigenvalue weighted by molar-refractivity contribution is 7.91. The molecule has 1 amide bonds. The van der Waals surface area contributed by atoms with E-state index in [9.17, 15) is 13.2 Å². The third kappa shape index (κ3) is 5.43. The third-order valence-electron chi connectivity index (χ3n) is 5.45. The van der Waals surface area contributed by atoms with Crippen molar-refractivity contribution < 1.29 is 13.2 Å². The molecule has 0 unspecified atom stereocenters. The Morgan fingerprint density at radius 1 is 0.912 bits per heavy atom. The van der Waals surface area contributed by atoms with Gasteiger partial charge in [0.25, 0.3) is 5.91 Å². The molecule has 174 valence electrons. The summed E-state index contributed by atoms with van der Waals surface area (Å²) in [6.45, 7) is 2.63. The van der Waals surface area contributed by atoms with Crippen LogP contribution in [0.15, 0.2) is 96.0 Å². The van der Waals surface area contributed by atoms with Gasteiger partial charge in [-0.25, -0.2) is 8.42 Å². The van der Waals surface area contributed by atoms with Gasteiger partial charge < -0.3 is 5.32 Å². The SMILES string of the molecule is CCCS(=O)(=O)c1ccccc1C(=O)NCc1cn(Cc2ccccc2)nc1-c1ccccc1. The lowest BCUT2D eigenvalue weighted by Gasteiger charge is -2.10. The lowest BCUT2D eigenvalue weighted by molar-refractivity contribution is 0.0947. The van der Waals surface area contributed by atoms with Gasteiger partial charge in [0.05, 0.1) is 28.5 Å². The molecule has 1 N–H and O–H groups in total. The average Bonchev–Trinajstić information content (AvgIpc) is 3.26. The number of hydrogen-bond donors (Lipinski definition) is 1. The highest BCUT2D eigenvalue weighted by Crippen LogP contribution is 2.23. The molecular weight excluding hydrogens is 446 g/mol. The fourth-order valence-electron chi connectivity index (χ4n) is 3.86. The smallest absolute Gasteiger partial charge is 0.252 e. The molecule has 0 aliphatic rings. The van der Waals surface area contributed by atoms with Crippen LogP contribution in [0, 0.1) is 0 Å². The largest absolute Gasteiger partial charge is 0.348 e. The van der Waals surface area contributed by atoms with E-state index >= 15 is 0 Å². The zero-order valence-electron chi connectivity index (χ0n) is 19.0. The molecule has 4 rings (SSSR count). The molecule has 0 saturated heterocycles. The van der Waals surface area contributed by atoms with Crippen molar-refractivity contribution in [3.8, 4) is 11.3 Å². The lowest BCUT2D eigenvalue weighted by Crippen LogP contribution is -2.25. The minimum atomic E-state index is -3.53. The van der Waals surface area contributed by atoms with E-state index in [0.717, 1.165) is 22.4 Å². The first-order valence-corrected chi connectivity index (χ1v) is 12.9. The number of hydrogen-bond acceptors (Lipinski definition) is 4. The van der Waals surface area contributed by atoms with Crippen LogP contribution in [0.5, 0.6) is 0 Å². The molecule has 0 fully saturated rings. The van der Waals surface area contributed by atoms with Crippen molar-refractivity contribution in [1.82, 2.24) is 15.1 Å². The van der Waals surface area contributed by atoms with Gasteiger partial charge in [0.1, 0.15) is 0 Å². The predicted molar refractivity (Wildman–Crippen MR) is 133 cm³/mol. The molecule has 6 nitrogen and oxygen atoms in total. The second-order valence-electron chi connectivity index (χ2n) is 8.05. The van der Waals surface area contributed by atoms with E-state index in [4.69, 9.17) is 5.10 Å². The van der Waals surface area contributed by atoms with Gasteiger partial charge in [-0.15, -0.1) is 0 Å². The second-order valence-corrected chi connectivity index (χ2v) is 10.1. The quantitative estimate of drug-likeness (QED) is 0.382. The average molecular weight is 474 g/mol. The fraction of sp³-hybridized carbons (Fsp3) is 0.185. The molecule has 0 aliphatic carbocycles. The van der Waals surface area contributed by atoms with E-state index in [-0.39, 0.29) is 22.8 Å². The van der Waals surface area contributed by atoms with Crippen LogP contribution in [0.4, 0.5) is 0 Å². The van der Waals surface area contributed by atoms with Crippen molar-refractivity contribution in [2.75, 3.05) is 5.75 Å². The van der Waals surface area contributed by atoms with Crippen LogP contribution in [-0.2, 0) is 22.9 Å². The molecule has 1 aromatic heterocycles. The van der Waals surface area contributed by atoms with Crippen LogP contribution in [-0.4, -0.2) is 29.9 Å². The molecule has 1 heterocycles. The normalized spacial score (nSPS) is 11.3. The first kappa shape index (κ1) is 23.4. The van der Waals surface area contributed by atoms with Gasteiger partial charge in [-0.3, -0.25) is 9.48 Å². The van der Waals surface area contributed by atoms with Gasteiger partial charge in [-0.2, -0.15) is 5.10 Å². The molecule has 4 aromatic rings. The van der Waals surface area contributed by atoms with Crippen LogP contribution in [0.2, 0.25) is 0 Å². The van der Waals surface area contributed by atoms with Crippen LogP contribution in [0.1, 0.15) is 34.8 Å². The molecule has 0 spiro atoms. The minimum Gasteiger partial charge on any atom is -0.348 e. The Bertz CT molecular complexity index is 1360. The second kappa shape index (κ2) is 10.5. The molecule has 0 atom stereocenters. The predicted octanol–water partition coefficient (Wildman–Crippen LogP) is 4.71. The molecule has 34 heavy (non-hydrogen) atoms. The van der Waals surface area contributed by atoms with Crippen molar-refractivity contribution in [1.29, 1.82) is 0 Å². The molecule has 0 aliphatic heterocycles. The number of benzene rings is 3. The highest BCUT2D eigenvalue weighted by Gasteiger charge is 2.22. The molecule has 0 radical (unpaired) electrons. The first-order valence-electron chi connectivity index (χ1n) is 11.2.